The van der Waals surface area contributed by atoms with Gasteiger partial charge in [-0.25, -0.2) is 0 Å². The largest absolute Gasteiger partial charge is 0.392 e. The molecule has 0 spiro atoms. The molecule has 1 aliphatic rings. The lowest BCUT2D eigenvalue weighted by Crippen LogP contribution is -2.32. The van der Waals surface area contributed by atoms with Gasteiger partial charge in [0, 0.05) is 32.8 Å². The van der Waals surface area contributed by atoms with Crippen LogP contribution in [0.3, 0.4) is 0 Å². The van der Waals surface area contributed by atoms with Crippen LogP contribution in [0.5, 0.6) is 0 Å². The highest BCUT2D eigenvalue weighted by atomic mass is 16.5. The first kappa shape index (κ1) is 12.9. The molecule has 4 heteroatoms. The van der Waals surface area contributed by atoms with E-state index in [1.807, 2.05) is 0 Å². The van der Waals surface area contributed by atoms with Crippen molar-refractivity contribution in [1.29, 1.82) is 0 Å². The van der Waals surface area contributed by atoms with Gasteiger partial charge >= 0.3 is 0 Å². The van der Waals surface area contributed by atoms with E-state index >= 15 is 0 Å². The first-order valence-electron chi connectivity index (χ1n) is 5.86. The van der Waals surface area contributed by atoms with E-state index in [1.54, 1.807) is 0 Å². The van der Waals surface area contributed by atoms with Crippen molar-refractivity contribution >= 4 is 0 Å². The van der Waals surface area contributed by atoms with Gasteiger partial charge < -0.3 is 20.5 Å². The standard InChI is InChI=1S/C11H24N2O2/c1-13(5-2-11(14)8-12)9-10-3-6-15-7-4-10/h10-11,14H,2-9,12H2,1H3. The molecule has 15 heavy (non-hydrogen) atoms. The molecule has 1 heterocycles. The summed E-state index contributed by atoms with van der Waals surface area (Å²) >= 11 is 0. The Balaban J connectivity index is 2.08. The van der Waals surface area contributed by atoms with Crippen LogP contribution in [-0.2, 0) is 4.74 Å². The average molecular weight is 216 g/mol. The van der Waals surface area contributed by atoms with Crippen molar-refractivity contribution in [3.8, 4) is 0 Å². The van der Waals surface area contributed by atoms with E-state index in [-0.39, 0.29) is 6.10 Å². The Bertz CT molecular complexity index is 161. The minimum absolute atomic E-state index is 0.345. The van der Waals surface area contributed by atoms with Gasteiger partial charge in [-0.2, -0.15) is 0 Å². The third kappa shape index (κ3) is 5.47. The molecule has 0 amide bonds. The molecule has 1 atom stereocenters. The molecule has 0 aromatic heterocycles. The molecular weight excluding hydrogens is 192 g/mol. The van der Waals surface area contributed by atoms with E-state index < -0.39 is 0 Å². The predicted molar refractivity (Wildman–Crippen MR) is 60.7 cm³/mol. The Morgan fingerprint density at radius 2 is 2.13 bits per heavy atom. The lowest BCUT2D eigenvalue weighted by Gasteiger charge is -2.27. The van der Waals surface area contributed by atoms with E-state index in [4.69, 9.17) is 10.5 Å². The van der Waals surface area contributed by atoms with Crippen molar-refractivity contribution in [1.82, 2.24) is 4.90 Å². The minimum atomic E-state index is -0.345. The lowest BCUT2D eigenvalue weighted by molar-refractivity contribution is 0.0537. The highest BCUT2D eigenvalue weighted by Crippen LogP contribution is 2.15. The second-order valence-corrected chi connectivity index (χ2v) is 4.50. The normalized spacial score (nSPS) is 20.8. The Kier molecular flexibility index (Phi) is 6.17. The highest BCUT2D eigenvalue weighted by molar-refractivity contribution is 4.68. The fraction of sp³-hybridized carbons (Fsp3) is 1.00. The molecule has 1 aliphatic heterocycles. The van der Waals surface area contributed by atoms with Crippen LogP contribution in [0.1, 0.15) is 19.3 Å². The summed E-state index contributed by atoms with van der Waals surface area (Å²) in [4.78, 5) is 2.29. The van der Waals surface area contributed by atoms with Crippen molar-refractivity contribution < 1.29 is 9.84 Å². The first-order valence-corrected chi connectivity index (χ1v) is 5.86. The molecule has 0 aromatic carbocycles. The second-order valence-electron chi connectivity index (χ2n) is 4.50. The SMILES string of the molecule is CN(CCC(O)CN)CC1CCOCC1. The van der Waals surface area contributed by atoms with Crippen molar-refractivity contribution in [2.75, 3.05) is 39.9 Å². The molecule has 1 fully saturated rings. The molecule has 0 aliphatic carbocycles. The van der Waals surface area contributed by atoms with E-state index in [9.17, 15) is 5.11 Å². The zero-order valence-electron chi connectivity index (χ0n) is 9.69. The minimum Gasteiger partial charge on any atom is -0.392 e. The Labute approximate surface area is 92.4 Å². The number of aliphatic hydroxyl groups is 1. The number of aliphatic hydroxyl groups excluding tert-OH is 1. The van der Waals surface area contributed by atoms with Crippen LogP contribution < -0.4 is 5.73 Å². The van der Waals surface area contributed by atoms with Crippen molar-refractivity contribution in [3.05, 3.63) is 0 Å². The highest BCUT2D eigenvalue weighted by Gasteiger charge is 2.15. The molecular formula is C11H24N2O2. The van der Waals surface area contributed by atoms with Gasteiger partial charge in [-0.05, 0) is 32.2 Å². The summed E-state index contributed by atoms with van der Waals surface area (Å²) in [6.07, 6.45) is 2.77. The summed E-state index contributed by atoms with van der Waals surface area (Å²) in [5.41, 5.74) is 5.36. The first-order chi connectivity index (χ1) is 7.22. The average Bonchev–Trinajstić information content (AvgIpc) is 2.27. The zero-order chi connectivity index (χ0) is 11.1. The number of nitrogens with zero attached hydrogens (tertiary/aromatic N) is 1. The van der Waals surface area contributed by atoms with Gasteiger partial charge in [0.1, 0.15) is 0 Å². The topological polar surface area (TPSA) is 58.7 Å². The number of hydrogen-bond donors (Lipinski definition) is 2. The molecule has 0 radical (unpaired) electrons. The van der Waals surface area contributed by atoms with E-state index in [1.165, 1.54) is 12.8 Å². The number of ether oxygens (including phenoxy) is 1. The maximum atomic E-state index is 9.34. The predicted octanol–water partition coefficient (Wildman–Crippen LogP) is 0.0545. The summed E-state index contributed by atoms with van der Waals surface area (Å²) in [6, 6.07) is 0. The second kappa shape index (κ2) is 7.17. The Morgan fingerprint density at radius 3 is 2.73 bits per heavy atom. The molecule has 1 unspecified atom stereocenters. The van der Waals surface area contributed by atoms with Gasteiger partial charge in [-0.3, -0.25) is 0 Å². The van der Waals surface area contributed by atoms with Crippen LogP contribution >= 0.6 is 0 Å². The van der Waals surface area contributed by atoms with Crippen molar-refractivity contribution in [3.63, 3.8) is 0 Å². The van der Waals surface area contributed by atoms with E-state index in [0.29, 0.717) is 6.54 Å². The van der Waals surface area contributed by atoms with E-state index in [0.717, 1.165) is 38.6 Å². The molecule has 0 saturated carbocycles. The van der Waals surface area contributed by atoms with Gasteiger partial charge in [0.2, 0.25) is 0 Å². The fourth-order valence-corrected chi connectivity index (χ4v) is 1.95. The van der Waals surface area contributed by atoms with Crippen LogP contribution in [0.4, 0.5) is 0 Å². The molecule has 0 aromatic rings. The summed E-state index contributed by atoms with van der Waals surface area (Å²) in [7, 11) is 2.11. The van der Waals surface area contributed by atoms with Gasteiger partial charge in [0.15, 0.2) is 0 Å². The number of rotatable bonds is 6. The monoisotopic (exact) mass is 216 g/mol. The van der Waals surface area contributed by atoms with Gasteiger partial charge in [-0.1, -0.05) is 0 Å². The summed E-state index contributed by atoms with van der Waals surface area (Å²) in [6.45, 7) is 4.22. The Hall–Kier alpha value is -0.160. The van der Waals surface area contributed by atoms with Crippen LogP contribution in [0.15, 0.2) is 0 Å². The van der Waals surface area contributed by atoms with E-state index in [2.05, 4.69) is 11.9 Å². The van der Waals surface area contributed by atoms with Crippen molar-refractivity contribution in [2.45, 2.75) is 25.4 Å². The maximum absolute atomic E-state index is 9.34. The van der Waals surface area contributed by atoms with Crippen LogP contribution in [0, 0.1) is 5.92 Å². The van der Waals surface area contributed by atoms with Gasteiger partial charge in [0.05, 0.1) is 6.10 Å². The van der Waals surface area contributed by atoms with Gasteiger partial charge in [0.25, 0.3) is 0 Å². The number of nitrogens with two attached hydrogens (primary N) is 1. The Morgan fingerprint density at radius 1 is 1.47 bits per heavy atom. The summed E-state index contributed by atoms with van der Waals surface area (Å²) in [5.74, 6) is 0.763. The van der Waals surface area contributed by atoms with Crippen molar-refractivity contribution in [2.24, 2.45) is 11.7 Å². The quantitative estimate of drug-likeness (QED) is 0.659. The van der Waals surface area contributed by atoms with Crippen LogP contribution in [-0.4, -0.2) is 56.0 Å². The molecule has 1 saturated heterocycles. The fourth-order valence-electron chi connectivity index (χ4n) is 1.95. The number of hydrogen-bond acceptors (Lipinski definition) is 4. The molecule has 90 valence electrons. The molecule has 1 rings (SSSR count). The lowest BCUT2D eigenvalue weighted by atomic mass is 10.00. The van der Waals surface area contributed by atoms with Crippen LogP contribution in [0.25, 0.3) is 0 Å². The third-order valence-electron chi connectivity index (χ3n) is 3.03. The summed E-state index contributed by atoms with van der Waals surface area (Å²) < 4.78 is 5.32. The summed E-state index contributed by atoms with van der Waals surface area (Å²) in [5, 5.41) is 9.34. The van der Waals surface area contributed by atoms with Gasteiger partial charge in [-0.15, -0.1) is 0 Å². The molecule has 0 bridgehead atoms. The molecule has 3 N–H and O–H groups in total. The molecule has 4 nitrogen and oxygen atoms in total. The third-order valence-corrected chi connectivity index (χ3v) is 3.03. The smallest absolute Gasteiger partial charge is 0.0674 e. The zero-order valence-corrected chi connectivity index (χ0v) is 9.69. The maximum Gasteiger partial charge on any atom is 0.0674 e. The van der Waals surface area contributed by atoms with Crippen LogP contribution in [0.2, 0.25) is 0 Å².